The Balaban J connectivity index is 1.61. The molecule has 2 aromatic heterocycles. The van der Waals surface area contributed by atoms with Crippen molar-refractivity contribution in [2.24, 2.45) is 0 Å². The number of hydrogen-bond acceptors (Lipinski definition) is 5. The van der Waals surface area contributed by atoms with Crippen molar-refractivity contribution < 1.29 is 0 Å². The second kappa shape index (κ2) is 6.67. The Hall–Kier alpha value is -2.59. The van der Waals surface area contributed by atoms with Crippen LogP contribution >= 0.6 is 15.9 Å². The molecule has 0 saturated carbocycles. The normalized spacial score (nSPS) is 10.6. The number of nitriles is 1. The minimum Gasteiger partial charge on any atom is -0.381 e. The minimum atomic E-state index is 0.261. The van der Waals surface area contributed by atoms with E-state index in [2.05, 4.69) is 42.5 Å². The summed E-state index contributed by atoms with van der Waals surface area (Å²) in [5, 5.41) is 20.1. The fraction of sp³-hybridized carbons (Fsp3) is 0.188. The molecule has 6 nitrogen and oxygen atoms in total. The van der Waals surface area contributed by atoms with E-state index in [1.807, 2.05) is 30.3 Å². The molecule has 0 amide bonds. The molecule has 1 aromatic carbocycles. The van der Waals surface area contributed by atoms with E-state index in [1.54, 1.807) is 0 Å². The number of para-hydroxylation sites is 1. The Kier molecular flexibility index (Phi) is 4.44. The van der Waals surface area contributed by atoms with E-state index >= 15 is 0 Å². The molecule has 0 bridgehead atoms. The minimum absolute atomic E-state index is 0.261. The third kappa shape index (κ3) is 3.27. The summed E-state index contributed by atoms with van der Waals surface area (Å²) in [6, 6.07) is 12.1. The lowest BCUT2D eigenvalue weighted by Gasteiger charge is -2.07. The highest BCUT2D eigenvalue weighted by molar-refractivity contribution is 9.10. The van der Waals surface area contributed by atoms with Crippen molar-refractivity contribution in [2.45, 2.75) is 12.8 Å². The number of nitrogen functional groups attached to an aromatic ring is 1. The molecule has 0 aliphatic carbocycles. The van der Waals surface area contributed by atoms with Crippen LogP contribution in [0.4, 0.5) is 11.6 Å². The topological polar surface area (TPSA) is 103 Å². The smallest absolute Gasteiger partial charge is 0.163 e. The molecule has 0 aliphatic heterocycles. The van der Waals surface area contributed by atoms with Gasteiger partial charge in [0.15, 0.2) is 5.82 Å². The Morgan fingerprint density at radius 1 is 1.30 bits per heavy atom. The maximum Gasteiger partial charge on any atom is 0.163 e. The predicted octanol–water partition coefficient (Wildman–Crippen LogP) is 3.22. The number of fused-ring (bicyclic) bond motifs is 1. The van der Waals surface area contributed by atoms with Gasteiger partial charge in [-0.05, 0) is 47.0 Å². The first-order valence-electron chi connectivity index (χ1n) is 7.21. The molecule has 0 radical (unpaired) electrons. The summed E-state index contributed by atoms with van der Waals surface area (Å²) in [7, 11) is 0. The summed E-state index contributed by atoms with van der Waals surface area (Å²) in [6.07, 6.45) is 1.54. The highest BCUT2D eigenvalue weighted by Gasteiger charge is 2.09. The van der Waals surface area contributed by atoms with Crippen molar-refractivity contribution in [3.05, 3.63) is 46.1 Å². The van der Waals surface area contributed by atoms with Gasteiger partial charge >= 0.3 is 0 Å². The lowest BCUT2D eigenvalue weighted by Crippen LogP contribution is -2.05. The van der Waals surface area contributed by atoms with E-state index < -0.39 is 0 Å². The lowest BCUT2D eigenvalue weighted by molar-refractivity contribution is 0.823. The third-order valence-electron chi connectivity index (χ3n) is 3.56. The molecule has 0 unspecified atom stereocenters. The number of aromatic amines is 1. The second-order valence-electron chi connectivity index (χ2n) is 5.11. The zero-order valence-electron chi connectivity index (χ0n) is 12.3. The molecule has 0 fully saturated rings. The first kappa shape index (κ1) is 15.3. The van der Waals surface area contributed by atoms with Gasteiger partial charge in [0.2, 0.25) is 0 Å². The van der Waals surface area contributed by atoms with Gasteiger partial charge in [0.05, 0.1) is 11.2 Å². The molecule has 3 aromatic rings. The quantitative estimate of drug-likeness (QED) is 0.598. The number of halogens is 1. The summed E-state index contributed by atoms with van der Waals surface area (Å²) < 4.78 is 0.977. The average molecular weight is 371 g/mol. The zero-order valence-corrected chi connectivity index (χ0v) is 13.9. The molecule has 0 saturated heterocycles. The van der Waals surface area contributed by atoms with Crippen LogP contribution in [0.3, 0.4) is 0 Å². The molecule has 0 spiro atoms. The molecule has 116 valence electrons. The van der Waals surface area contributed by atoms with Crippen LogP contribution in [-0.2, 0) is 6.42 Å². The molecule has 0 atom stereocenters. The van der Waals surface area contributed by atoms with Crippen molar-refractivity contribution >= 4 is 38.5 Å². The summed E-state index contributed by atoms with van der Waals surface area (Å²) in [6.45, 7) is 0.743. The fourth-order valence-electron chi connectivity index (χ4n) is 2.39. The van der Waals surface area contributed by atoms with Crippen LogP contribution in [0, 0.1) is 11.3 Å². The number of pyridine rings is 1. The monoisotopic (exact) mass is 370 g/mol. The molecule has 7 heteroatoms. The van der Waals surface area contributed by atoms with Crippen molar-refractivity contribution in [1.82, 2.24) is 15.2 Å². The van der Waals surface area contributed by atoms with Gasteiger partial charge in [0.1, 0.15) is 17.5 Å². The van der Waals surface area contributed by atoms with Crippen LogP contribution in [-0.4, -0.2) is 21.7 Å². The van der Waals surface area contributed by atoms with Crippen LogP contribution in [0.2, 0.25) is 0 Å². The van der Waals surface area contributed by atoms with Crippen molar-refractivity contribution in [3.63, 3.8) is 0 Å². The number of nitrogens with one attached hydrogen (secondary N) is 2. The van der Waals surface area contributed by atoms with Crippen molar-refractivity contribution in [2.75, 3.05) is 17.6 Å². The molecule has 2 heterocycles. The standard InChI is InChI=1S/C16H15BrN6/c17-12-4-1-3-10-6-7-14(21-15(10)12)20-8-2-5-13-11(9-18)16(19)23-22-13/h1,3-4,6-7H,2,5,8H2,(H,20,21)(H3,19,22,23). The number of nitrogens with zero attached hydrogens (tertiary/aromatic N) is 3. The number of aryl methyl sites for hydroxylation is 1. The molecule has 0 aliphatic rings. The number of H-pyrrole nitrogens is 1. The van der Waals surface area contributed by atoms with Crippen molar-refractivity contribution in [1.29, 1.82) is 5.26 Å². The van der Waals surface area contributed by atoms with E-state index in [-0.39, 0.29) is 5.82 Å². The summed E-state index contributed by atoms with van der Waals surface area (Å²) in [4.78, 5) is 4.61. The van der Waals surface area contributed by atoms with E-state index in [1.165, 1.54) is 0 Å². The number of hydrogen-bond donors (Lipinski definition) is 3. The fourth-order valence-corrected chi connectivity index (χ4v) is 2.86. The molecular weight excluding hydrogens is 356 g/mol. The third-order valence-corrected chi connectivity index (χ3v) is 4.20. The SMILES string of the molecule is N#Cc1c(N)n[nH]c1CCCNc1ccc2cccc(Br)c2n1. The van der Waals surface area contributed by atoms with Gasteiger partial charge in [-0.1, -0.05) is 12.1 Å². The summed E-state index contributed by atoms with van der Waals surface area (Å²) >= 11 is 3.52. The Bertz CT molecular complexity index is 880. The number of anilines is 2. The highest BCUT2D eigenvalue weighted by Crippen LogP contribution is 2.23. The van der Waals surface area contributed by atoms with Crippen LogP contribution in [0.25, 0.3) is 10.9 Å². The number of nitrogens with two attached hydrogens (primary N) is 1. The number of rotatable bonds is 5. The number of benzene rings is 1. The first-order valence-corrected chi connectivity index (χ1v) is 8.00. The van der Waals surface area contributed by atoms with Crippen LogP contribution < -0.4 is 11.1 Å². The Labute approximate surface area is 141 Å². The average Bonchev–Trinajstić information content (AvgIpc) is 2.92. The van der Waals surface area contributed by atoms with Crippen LogP contribution in [0.15, 0.2) is 34.8 Å². The van der Waals surface area contributed by atoms with E-state index in [9.17, 15) is 0 Å². The number of aromatic nitrogens is 3. The van der Waals surface area contributed by atoms with Gasteiger partial charge in [0, 0.05) is 16.4 Å². The van der Waals surface area contributed by atoms with Gasteiger partial charge in [-0.25, -0.2) is 4.98 Å². The lowest BCUT2D eigenvalue weighted by atomic mass is 10.1. The van der Waals surface area contributed by atoms with Gasteiger partial charge in [-0.2, -0.15) is 10.4 Å². The molecule has 3 rings (SSSR count). The van der Waals surface area contributed by atoms with Gasteiger partial charge in [-0.15, -0.1) is 0 Å². The molecule has 4 N–H and O–H groups in total. The van der Waals surface area contributed by atoms with E-state index in [0.29, 0.717) is 12.0 Å². The first-order chi connectivity index (χ1) is 11.2. The summed E-state index contributed by atoms with van der Waals surface area (Å²) in [5.74, 6) is 1.09. The second-order valence-corrected chi connectivity index (χ2v) is 5.97. The van der Waals surface area contributed by atoms with Crippen LogP contribution in [0.1, 0.15) is 17.7 Å². The Morgan fingerprint density at radius 3 is 3.00 bits per heavy atom. The maximum absolute atomic E-state index is 9.03. The van der Waals surface area contributed by atoms with E-state index in [0.717, 1.165) is 39.9 Å². The summed E-state index contributed by atoms with van der Waals surface area (Å²) in [5.41, 5.74) is 7.78. The van der Waals surface area contributed by atoms with Gasteiger partial charge < -0.3 is 11.1 Å². The molecular formula is C16H15BrN6. The highest BCUT2D eigenvalue weighted by atomic mass is 79.9. The van der Waals surface area contributed by atoms with Crippen LogP contribution in [0.5, 0.6) is 0 Å². The zero-order chi connectivity index (χ0) is 16.2. The molecule has 23 heavy (non-hydrogen) atoms. The Morgan fingerprint density at radius 2 is 2.17 bits per heavy atom. The largest absolute Gasteiger partial charge is 0.381 e. The van der Waals surface area contributed by atoms with Crippen molar-refractivity contribution in [3.8, 4) is 6.07 Å². The van der Waals surface area contributed by atoms with Gasteiger partial charge in [-0.3, -0.25) is 5.10 Å². The maximum atomic E-state index is 9.03. The predicted molar refractivity (Wildman–Crippen MR) is 94.0 cm³/mol. The van der Waals surface area contributed by atoms with Gasteiger partial charge in [0.25, 0.3) is 0 Å². The van der Waals surface area contributed by atoms with E-state index in [4.69, 9.17) is 11.0 Å².